The summed E-state index contributed by atoms with van der Waals surface area (Å²) in [6, 6.07) is 0. The highest BCUT2D eigenvalue weighted by atomic mass is 19.4. The monoisotopic (exact) mass is 250 g/mol. The van der Waals surface area contributed by atoms with Gasteiger partial charge >= 0.3 is 17.8 Å². The number of alkyl halides is 6. The minimum absolute atomic E-state index is 0.296. The molecule has 0 aromatic carbocycles. The molecule has 0 unspecified atom stereocenters. The van der Waals surface area contributed by atoms with Crippen LogP contribution < -0.4 is 0 Å². The summed E-state index contributed by atoms with van der Waals surface area (Å²) in [5.74, 6) is -14.9. The van der Waals surface area contributed by atoms with Crippen LogP contribution in [0, 0.1) is 0 Å². The topological polar surface area (TPSA) is 9.23 Å². The lowest BCUT2D eigenvalue weighted by atomic mass is 9.80. The molecule has 1 saturated carbocycles. The fourth-order valence-corrected chi connectivity index (χ4v) is 1.46. The molecule has 1 fully saturated rings. The fourth-order valence-electron chi connectivity index (χ4n) is 1.46. The van der Waals surface area contributed by atoms with E-state index in [1.807, 2.05) is 6.92 Å². The second-order valence-corrected chi connectivity index (χ2v) is 3.78. The van der Waals surface area contributed by atoms with Gasteiger partial charge in [-0.1, -0.05) is 19.8 Å². The van der Waals surface area contributed by atoms with Crippen LogP contribution in [0.25, 0.3) is 0 Å². The largest absolute Gasteiger partial charge is 0.377 e. The van der Waals surface area contributed by atoms with Gasteiger partial charge in [0.15, 0.2) is 6.10 Å². The Labute approximate surface area is 88.8 Å². The minimum Gasteiger partial charge on any atom is -0.365 e. The molecule has 0 spiro atoms. The van der Waals surface area contributed by atoms with Gasteiger partial charge < -0.3 is 4.74 Å². The highest BCUT2D eigenvalue weighted by Crippen LogP contribution is 2.61. The Kier molecular flexibility index (Phi) is 3.47. The van der Waals surface area contributed by atoms with Gasteiger partial charge in [-0.3, -0.25) is 0 Å². The molecule has 0 amide bonds. The van der Waals surface area contributed by atoms with Crippen LogP contribution in [0.5, 0.6) is 0 Å². The first-order valence-corrected chi connectivity index (χ1v) is 4.94. The number of ether oxygens (including phenoxy) is 1. The Morgan fingerprint density at radius 2 is 1.44 bits per heavy atom. The van der Waals surface area contributed by atoms with Gasteiger partial charge in [-0.25, -0.2) is 0 Å². The first-order chi connectivity index (χ1) is 7.19. The highest BCUT2D eigenvalue weighted by Gasteiger charge is 2.91. The minimum atomic E-state index is -5.31. The molecule has 1 aliphatic rings. The normalized spacial score (nSPS) is 26.4. The summed E-state index contributed by atoms with van der Waals surface area (Å²) >= 11 is 0. The zero-order valence-electron chi connectivity index (χ0n) is 8.58. The average Bonchev–Trinajstić information content (AvgIpc) is 2.15. The Bertz CT molecular complexity index is 234. The van der Waals surface area contributed by atoms with Gasteiger partial charge in [0, 0.05) is 6.61 Å². The molecule has 0 atom stereocenters. The molecule has 7 heteroatoms. The molecule has 0 aromatic heterocycles. The van der Waals surface area contributed by atoms with Crippen LogP contribution in [0.3, 0.4) is 0 Å². The third kappa shape index (κ3) is 1.69. The maximum absolute atomic E-state index is 12.6. The maximum atomic E-state index is 12.6. The molecule has 0 N–H and O–H groups in total. The molecule has 1 aliphatic carbocycles. The molecule has 1 rings (SSSR count). The van der Waals surface area contributed by atoms with Crippen molar-refractivity contribution in [2.45, 2.75) is 50.1 Å². The molecule has 0 aliphatic heterocycles. The van der Waals surface area contributed by atoms with Crippen molar-refractivity contribution in [3.8, 4) is 0 Å². The number of hydrogen-bond donors (Lipinski definition) is 0. The van der Waals surface area contributed by atoms with Crippen LogP contribution in [0.1, 0.15) is 26.2 Å². The molecule has 0 radical (unpaired) electrons. The van der Waals surface area contributed by atoms with Crippen molar-refractivity contribution in [3.63, 3.8) is 0 Å². The van der Waals surface area contributed by atoms with Crippen LogP contribution in [0.4, 0.5) is 26.3 Å². The van der Waals surface area contributed by atoms with Crippen molar-refractivity contribution in [2.24, 2.45) is 0 Å². The maximum Gasteiger partial charge on any atom is 0.377 e. The quantitative estimate of drug-likeness (QED) is 0.536. The van der Waals surface area contributed by atoms with Crippen LogP contribution in [0.15, 0.2) is 0 Å². The van der Waals surface area contributed by atoms with E-state index in [1.165, 1.54) is 0 Å². The van der Waals surface area contributed by atoms with Crippen molar-refractivity contribution >= 4 is 0 Å². The van der Waals surface area contributed by atoms with Gasteiger partial charge in [0.1, 0.15) is 0 Å². The summed E-state index contributed by atoms with van der Waals surface area (Å²) in [7, 11) is 0. The Balaban J connectivity index is 2.55. The van der Waals surface area contributed by atoms with Crippen LogP contribution in [-0.2, 0) is 4.74 Å². The van der Waals surface area contributed by atoms with Crippen molar-refractivity contribution in [2.75, 3.05) is 6.61 Å². The predicted octanol–water partition coefficient (Wildman–Crippen LogP) is 3.48. The third-order valence-corrected chi connectivity index (χ3v) is 2.53. The molecule has 1 nitrogen and oxygen atoms in total. The van der Waals surface area contributed by atoms with Gasteiger partial charge in [-0.2, -0.15) is 26.3 Å². The molecular weight excluding hydrogens is 238 g/mol. The molecule has 0 saturated heterocycles. The molecule has 96 valence electrons. The summed E-state index contributed by atoms with van der Waals surface area (Å²) < 4.78 is 79.4. The molecule has 0 aromatic rings. The van der Waals surface area contributed by atoms with E-state index in [0.29, 0.717) is 12.8 Å². The summed E-state index contributed by atoms with van der Waals surface area (Å²) in [6.07, 6.45) is -1.35. The summed E-state index contributed by atoms with van der Waals surface area (Å²) in [6.45, 7) is 1.46. The Morgan fingerprint density at radius 3 is 1.88 bits per heavy atom. The van der Waals surface area contributed by atoms with Gasteiger partial charge in [0.05, 0.1) is 0 Å². The molecule has 0 bridgehead atoms. The van der Waals surface area contributed by atoms with Crippen LogP contribution in [-0.4, -0.2) is 30.5 Å². The SMILES string of the molecule is CCCCCOC1C(F)(F)C(F)(F)C1(F)F. The van der Waals surface area contributed by atoms with Gasteiger partial charge in [-0.15, -0.1) is 0 Å². The number of halogens is 6. The van der Waals surface area contributed by atoms with Gasteiger partial charge in [-0.05, 0) is 6.42 Å². The lowest BCUT2D eigenvalue weighted by Gasteiger charge is -2.49. The van der Waals surface area contributed by atoms with Gasteiger partial charge in [0.2, 0.25) is 0 Å². The summed E-state index contributed by atoms with van der Waals surface area (Å²) in [5.41, 5.74) is 0. The molecule has 0 heterocycles. The van der Waals surface area contributed by atoms with E-state index < -0.39 is 23.9 Å². The predicted molar refractivity (Wildman–Crippen MR) is 44.1 cm³/mol. The first kappa shape index (κ1) is 13.6. The van der Waals surface area contributed by atoms with Crippen molar-refractivity contribution in [1.29, 1.82) is 0 Å². The van der Waals surface area contributed by atoms with Crippen LogP contribution in [0.2, 0.25) is 0 Å². The number of rotatable bonds is 5. The van der Waals surface area contributed by atoms with Crippen molar-refractivity contribution in [1.82, 2.24) is 0 Å². The van der Waals surface area contributed by atoms with E-state index in [0.717, 1.165) is 6.42 Å². The smallest absolute Gasteiger partial charge is 0.365 e. The third-order valence-electron chi connectivity index (χ3n) is 2.53. The lowest BCUT2D eigenvalue weighted by molar-refractivity contribution is -0.452. The van der Waals surface area contributed by atoms with Gasteiger partial charge in [0.25, 0.3) is 0 Å². The number of hydrogen-bond acceptors (Lipinski definition) is 1. The fraction of sp³-hybridized carbons (Fsp3) is 1.00. The second kappa shape index (κ2) is 4.09. The Morgan fingerprint density at radius 1 is 0.938 bits per heavy atom. The zero-order chi connectivity index (χ0) is 12.6. The lowest BCUT2D eigenvalue weighted by Crippen LogP contribution is -2.78. The second-order valence-electron chi connectivity index (χ2n) is 3.78. The van der Waals surface area contributed by atoms with Crippen molar-refractivity contribution < 1.29 is 31.1 Å². The number of unbranched alkanes of at least 4 members (excludes halogenated alkanes) is 2. The highest BCUT2D eigenvalue weighted by molar-refractivity contribution is 5.18. The van der Waals surface area contributed by atoms with Crippen LogP contribution >= 0.6 is 0 Å². The molecular formula is C9H12F6O. The van der Waals surface area contributed by atoms with E-state index in [1.54, 1.807) is 0 Å². The van der Waals surface area contributed by atoms with Crippen molar-refractivity contribution in [3.05, 3.63) is 0 Å². The van der Waals surface area contributed by atoms with E-state index in [9.17, 15) is 26.3 Å². The summed E-state index contributed by atoms with van der Waals surface area (Å²) in [5, 5.41) is 0. The standard InChI is InChI=1S/C9H12F6O/c1-2-3-4-5-16-6-7(10,11)9(14,15)8(6,12)13/h6H,2-5H2,1H3. The zero-order valence-corrected chi connectivity index (χ0v) is 8.58. The molecule has 16 heavy (non-hydrogen) atoms. The van der Waals surface area contributed by atoms with E-state index in [4.69, 9.17) is 0 Å². The van der Waals surface area contributed by atoms with E-state index >= 15 is 0 Å². The first-order valence-electron chi connectivity index (χ1n) is 4.94. The van der Waals surface area contributed by atoms with E-state index in [2.05, 4.69) is 4.74 Å². The summed E-state index contributed by atoms with van der Waals surface area (Å²) in [4.78, 5) is 0. The Hall–Kier alpha value is -0.460. The van der Waals surface area contributed by atoms with E-state index in [-0.39, 0.29) is 6.61 Å². The average molecular weight is 250 g/mol.